The van der Waals surface area contributed by atoms with Gasteiger partial charge in [-0.05, 0) is 19.8 Å². The van der Waals surface area contributed by atoms with E-state index in [1.54, 1.807) is 6.92 Å². The molecule has 0 radical (unpaired) electrons. The van der Waals surface area contributed by atoms with Crippen LogP contribution in [0, 0.1) is 0 Å². The molecule has 4 N–H and O–H groups in total. The molecule has 2 heterocycles. The molecule has 0 saturated carbocycles. The predicted octanol–water partition coefficient (Wildman–Crippen LogP) is -0.270. The van der Waals surface area contributed by atoms with Crippen LogP contribution in [0.3, 0.4) is 0 Å². The maximum atomic E-state index is 11.7. The summed E-state index contributed by atoms with van der Waals surface area (Å²) in [6.07, 6.45) is 2.11. The van der Waals surface area contributed by atoms with Gasteiger partial charge in [0.05, 0.1) is 6.10 Å². The summed E-state index contributed by atoms with van der Waals surface area (Å²) in [5.74, 6) is 0.171. The van der Waals surface area contributed by atoms with E-state index in [4.69, 9.17) is 10.5 Å². The summed E-state index contributed by atoms with van der Waals surface area (Å²) in [6, 6.07) is 0. The lowest BCUT2D eigenvalue weighted by Gasteiger charge is -2.14. The largest absolute Gasteiger partial charge is 0.383 e. The van der Waals surface area contributed by atoms with Gasteiger partial charge < -0.3 is 15.8 Å². The van der Waals surface area contributed by atoms with E-state index >= 15 is 0 Å². The summed E-state index contributed by atoms with van der Waals surface area (Å²) >= 11 is 0. The standard InChI is InChI=1S/C11H18N4O3/c1-2-15-9(12)8(10(16)14-11(15)17)13-6-7-4-3-5-18-7/h7,13H,2-6,12H2,1H3,(H,14,16,17). The highest BCUT2D eigenvalue weighted by atomic mass is 16.5. The summed E-state index contributed by atoms with van der Waals surface area (Å²) in [7, 11) is 0. The Morgan fingerprint density at radius 2 is 2.33 bits per heavy atom. The summed E-state index contributed by atoms with van der Waals surface area (Å²) < 4.78 is 6.77. The molecule has 1 saturated heterocycles. The number of ether oxygens (including phenoxy) is 1. The Labute approximate surface area is 104 Å². The van der Waals surface area contributed by atoms with E-state index in [0.29, 0.717) is 13.1 Å². The molecule has 1 unspecified atom stereocenters. The number of nitrogens with two attached hydrogens (primary N) is 1. The van der Waals surface area contributed by atoms with Crippen LogP contribution in [0.15, 0.2) is 9.59 Å². The van der Waals surface area contributed by atoms with Gasteiger partial charge in [-0.3, -0.25) is 14.3 Å². The zero-order valence-electron chi connectivity index (χ0n) is 10.4. The van der Waals surface area contributed by atoms with E-state index in [1.165, 1.54) is 4.57 Å². The maximum Gasteiger partial charge on any atom is 0.330 e. The molecular weight excluding hydrogens is 236 g/mol. The molecular formula is C11H18N4O3. The molecule has 1 aromatic rings. The molecule has 0 aliphatic carbocycles. The molecule has 1 atom stereocenters. The first-order valence-electron chi connectivity index (χ1n) is 6.11. The van der Waals surface area contributed by atoms with Crippen molar-refractivity contribution in [3.05, 3.63) is 20.8 Å². The lowest BCUT2D eigenvalue weighted by molar-refractivity contribution is 0.120. The van der Waals surface area contributed by atoms with Crippen molar-refractivity contribution in [3.8, 4) is 0 Å². The van der Waals surface area contributed by atoms with Crippen molar-refractivity contribution in [3.63, 3.8) is 0 Å². The Morgan fingerprint density at radius 3 is 2.94 bits per heavy atom. The number of aromatic amines is 1. The van der Waals surface area contributed by atoms with Gasteiger partial charge in [-0.15, -0.1) is 0 Å². The summed E-state index contributed by atoms with van der Waals surface area (Å²) in [6.45, 7) is 3.48. The van der Waals surface area contributed by atoms with Crippen LogP contribution in [0.5, 0.6) is 0 Å². The minimum atomic E-state index is -0.486. The van der Waals surface area contributed by atoms with Gasteiger partial charge in [0.15, 0.2) is 0 Å². The molecule has 100 valence electrons. The van der Waals surface area contributed by atoms with E-state index in [0.717, 1.165) is 19.4 Å². The topological polar surface area (TPSA) is 102 Å². The van der Waals surface area contributed by atoms with E-state index in [9.17, 15) is 9.59 Å². The van der Waals surface area contributed by atoms with Crippen molar-refractivity contribution in [1.29, 1.82) is 0 Å². The monoisotopic (exact) mass is 254 g/mol. The summed E-state index contributed by atoms with van der Waals surface area (Å²) in [5, 5.41) is 2.97. The minimum Gasteiger partial charge on any atom is -0.383 e. The van der Waals surface area contributed by atoms with Crippen LogP contribution in [-0.4, -0.2) is 28.8 Å². The smallest absolute Gasteiger partial charge is 0.330 e. The number of H-pyrrole nitrogens is 1. The number of rotatable bonds is 4. The lowest BCUT2D eigenvalue weighted by atomic mass is 10.2. The molecule has 1 fully saturated rings. The van der Waals surface area contributed by atoms with Gasteiger partial charge in [0.2, 0.25) is 0 Å². The minimum absolute atomic E-state index is 0.103. The average molecular weight is 254 g/mol. The first-order chi connectivity index (χ1) is 8.63. The second-order valence-corrected chi connectivity index (χ2v) is 4.28. The number of hydrogen-bond donors (Lipinski definition) is 3. The third kappa shape index (κ3) is 2.40. The lowest BCUT2D eigenvalue weighted by Crippen LogP contribution is -2.34. The Kier molecular flexibility index (Phi) is 3.71. The van der Waals surface area contributed by atoms with Crippen molar-refractivity contribution >= 4 is 11.5 Å². The molecule has 1 aliphatic heterocycles. The zero-order valence-corrected chi connectivity index (χ0v) is 10.4. The van der Waals surface area contributed by atoms with E-state index in [1.807, 2.05) is 0 Å². The van der Waals surface area contributed by atoms with E-state index < -0.39 is 11.2 Å². The Bertz CT molecular complexity index is 528. The molecule has 0 spiro atoms. The number of nitrogen functional groups attached to an aromatic ring is 1. The Morgan fingerprint density at radius 1 is 1.56 bits per heavy atom. The van der Waals surface area contributed by atoms with Crippen LogP contribution in [-0.2, 0) is 11.3 Å². The molecule has 1 aromatic heterocycles. The molecule has 0 aromatic carbocycles. The normalized spacial score (nSPS) is 19.1. The first-order valence-corrected chi connectivity index (χ1v) is 6.11. The third-order valence-electron chi connectivity index (χ3n) is 3.09. The molecule has 1 aliphatic rings. The van der Waals surface area contributed by atoms with Crippen molar-refractivity contribution in [2.45, 2.75) is 32.4 Å². The van der Waals surface area contributed by atoms with Gasteiger partial charge in [0, 0.05) is 19.7 Å². The molecule has 2 rings (SSSR count). The molecule has 7 heteroatoms. The van der Waals surface area contributed by atoms with Gasteiger partial charge in [-0.25, -0.2) is 4.79 Å². The van der Waals surface area contributed by atoms with Gasteiger partial charge in [0.1, 0.15) is 11.5 Å². The molecule has 0 amide bonds. The SMILES string of the molecule is CCn1c(N)c(NCC2CCCO2)c(=O)[nH]c1=O. The van der Waals surface area contributed by atoms with Crippen molar-refractivity contribution in [2.24, 2.45) is 0 Å². The number of nitrogens with one attached hydrogen (secondary N) is 2. The van der Waals surface area contributed by atoms with Gasteiger partial charge >= 0.3 is 5.69 Å². The van der Waals surface area contributed by atoms with Crippen LogP contribution in [0.1, 0.15) is 19.8 Å². The van der Waals surface area contributed by atoms with E-state index in [-0.39, 0.29) is 17.6 Å². The quantitative estimate of drug-likeness (QED) is 0.686. The third-order valence-corrected chi connectivity index (χ3v) is 3.09. The number of aromatic nitrogens is 2. The number of anilines is 2. The van der Waals surface area contributed by atoms with E-state index in [2.05, 4.69) is 10.3 Å². The highest BCUT2D eigenvalue weighted by Crippen LogP contribution is 2.14. The predicted molar refractivity (Wildman–Crippen MR) is 68.9 cm³/mol. The van der Waals surface area contributed by atoms with Gasteiger partial charge in [-0.2, -0.15) is 0 Å². The fourth-order valence-electron chi connectivity index (χ4n) is 2.09. The fourth-order valence-corrected chi connectivity index (χ4v) is 2.09. The Balaban J connectivity index is 2.21. The molecule has 0 bridgehead atoms. The van der Waals surface area contributed by atoms with Gasteiger partial charge in [0.25, 0.3) is 5.56 Å². The summed E-state index contributed by atoms with van der Waals surface area (Å²) in [4.78, 5) is 25.4. The number of nitrogens with zero attached hydrogens (tertiary/aromatic N) is 1. The molecule has 7 nitrogen and oxygen atoms in total. The average Bonchev–Trinajstić information content (AvgIpc) is 2.81. The molecule has 18 heavy (non-hydrogen) atoms. The van der Waals surface area contributed by atoms with Crippen molar-refractivity contribution in [1.82, 2.24) is 9.55 Å². The first kappa shape index (κ1) is 12.7. The van der Waals surface area contributed by atoms with Crippen LogP contribution < -0.4 is 22.3 Å². The van der Waals surface area contributed by atoms with Crippen LogP contribution in [0.4, 0.5) is 11.5 Å². The van der Waals surface area contributed by atoms with Crippen molar-refractivity contribution in [2.75, 3.05) is 24.2 Å². The van der Waals surface area contributed by atoms with Gasteiger partial charge in [-0.1, -0.05) is 0 Å². The fraction of sp³-hybridized carbons (Fsp3) is 0.636. The van der Waals surface area contributed by atoms with Crippen LogP contribution >= 0.6 is 0 Å². The summed E-state index contributed by atoms with van der Waals surface area (Å²) in [5.41, 5.74) is 5.09. The number of hydrogen-bond acceptors (Lipinski definition) is 5. The Hall–Kier alpha value is -1.76. The van der Waals surface area contributed by atoms with Crippen LogP contribution in [0.25, 0.3) is 0 Å². The second-order valence-electron chi connectivity index (χ2n) is 4.28. The zero-order chi connectivity index (χ0) is 13.1. The maximum absolute atomic E-state index is 11.7. The highest BCUT2D eigenvalue weighted by molar-refractivity contribution is 5.60. The second kappa shape index (κ2) is 5.26. The van der Waals surface area contributed by atoms with Crippen LogP contribution in [0.2, 0.25) is 0 Å². The highest BCUT2D eigenvalue weighted by Gasteiger charge is 2.17. The van der Waals surface area contributed by atoms with Crippen molar-refractivity contribution < 1.29 is 4.74 Å².